The molecule has 3 aliphatic rings. The molecule has 3 amide bonds. The van der Waals surface area contributed by atoms with E-state index in [-0.39, 0.29) is 42.8 Å². The first-order valence-corrected chi connectivity index (χ1v) is 14.0. The van der Waals surface area contributed by atoms with E-state index in [4.69, 9.17) is 23.2 Å². The fourth-order valence-corrected chi connectivity index (χ4v) is 6.94. The summed E-state index contributed by atoms with van der Waals surface area (Å²) in [6.45, 7) is 4.63. The number of fused-ring (bicyclic) bond motifs is 4. The van der Waals surface area contributed by atoms with Crippen molar-refractivity contribution in [1.82, 2.24) is 10.2 Å². The number of hydrogen-bond acceptors (Lipinski definition) is 4. The lowest BCUT2D eigenvalue weighted by Gasteiger charge is -2.31. The summed E-state index contributed by atoms with van der Waals surface area (Å²) in [5.41, 5.74) is 1.83. The van der Waals surface area contributed by atoms with E-state index in [0.29, 0.717) is 16.5 Å². The lowest BCUT2D eigenvalue weighted by atomic mass is 9.76. The molecule has 6 nitrogen and oxygen atoms in total. The summed E-state index contributed by atoms with van der Waals surface area (Å²) in [7, 11) is 0. The quantitative estimate of drug-likeness (QED) is 0.400. The molecule has 3 heterocycles. The smallest absolute Gasteiger partial charge is 0.253 e. The Balaban J connectivity index is 1.44. The molecule has 200 valence electrons. The summed E-state index contributed by atoms with van der Waals surface area (Å²) in [5, 5.41) is 4.43. The highest BCUT2D eigenvalue weighted by molar-refractivity contribution is 6.42. The molecule has 0 aliphatic carbocycles. The number of amides is 3. The third-order valence-corrected chi connectivity index (χ3v) is 8.93. The molecular weight excluding hydrogens is 533 g/mol. The van der Waals surface area contributed by atoms with Crippen molar-refractivity contribution in [3.05, 3.63) is 99.5 Å². The number of hydrogen-bond donors (Lipinski definition) is 1. The molecule has 2 fully saturated rings. The van der Waals surface area contributed by atoms with E-state index in [1.165, 1.54) is 4.90 Å². The first-order chi connectivity index (χ1) is 18.7. The standard InChI is InChI=1S/C31H29Cl2N3O3/c1-18(2)14-24-26-27(29(38)36(28(26)37)16-19-8-4-3-5-9-19)31(34-24)21-10-6-7-11-25(21)35(30(31)39)17-20-12-13-22(32)23(33)15-20/h3-13,15,18,24,26-27,34H,14,16-17H2,1-2H3/t24-,26+,27+,31+/m1/s1. The van der Waals surface area contributed by atoms with Gasteiger partial charge in [0.2, 0.25) is 11.8 Å². The number of carbonyl (C=O) groups excluding carboxylic acids is 3. The van der Waals surface area contributed by atoms with E-state index in [0.717, 1.165) is 22.4 Å². The minimum Gasteiger partial charge on any atom is -0.306 e. The third-order valence-electron chi connectivity index (χ3n) is 8.19. The Morgan fingerprint density at radius 2 is 1.51 bits per heavy atom. The third kappa shape index (κ3) is 4.08. The lowest BCUT2D eigenvalue weighted by molar-refractivity contribution is -0.143. The summed E-state index contributed by atoms with van der Waals surface area (Å²) in [5.74, 6) is -1.91. The van der Waals surface area contributed by atoms with Crippen molar-refractivity contribution in [2.24, 2.45) is 17.8 Å². The monoisotopic (exact) mass is 561 g/mol. The van der Waals surface area contributed by atoms with Crippen LogP contribution >= 0.6 is 23.2 Å². The fourth-order valence-electron chi connectivity index (χ4n) is 6.62. The van der Waals surface area contributed by atoms with Gasteiger partial charge in [0.15, 0.2) is 0 Å². The van der Waals surface area contributed by atoms with Crippen LogP contribution in [0, 0.1) is 17.8 Å². The van der Waals surface area contributed by atoms with Gasteiger partial charge in [-0.15, -0.1) is 0 Å². The largest absolute Gasteiger partial charge is 0.306 e. The van der Waals surface area contributed by atoms with E-state index in [9.17, 15) is 14.4 Å². The number of para-hydroxylation sites is 1. The van der Waals surface area contributed by atoms with Crippen LogP contribution < -0.4 is 10.2 Å². The molecule has 0 radical (unpaired) electrons. The van der Waals surface area contributed by atoms with Gasteiger partial charge in [-0.3, -0.25) is 24.6 Å². The highest BCUT2D eigenvalue weighted by atomic mass is 35.5. The van der Waals surface area contributed by atoms with E-state index in [1.54, 1.807) is 17.0 Å². The van der Waals surface area contributed by atoms with Crippen molar-refractivity contribution in [3.63, 3.8) is 0 Å². The van der Waals surface area contributed by atoms with Gasteiger partial charge in [0, 0.05) is 17.3 Å². The predicted octanol–water partition coefficient (Wildman–Crippen LogP) is 5.55. The van der Waals surface area contributed by atoms with Crippen LogP contribution in [0.1, 0.15) is 37.0 Å². The molecule has 3 aliphatic heterocycles. The zero-order valence-electron chi connectivity index (χ0n) is 21.7. The van der Waals surface area contributed by atoms with Crippen LogP contribution in [0.2, 0.25) is 10.0 Å². The molecule has 0 saturated carbocycles. The number of nitrogens with one attached hydrogen (secondary N) is 1. The van der Waals surface area contributed by atoms with Crippen LogP contribution in [-0.4, -0.2) is 28.7 Å². The van der Waals surface area contributed by atoms with E-state index >= 15 is 0 Å². The summed E-state index contributed by atoms with van der Waals surface area (Å²) in [4.78, 5) is 45.7. The molecule has 39 heavy (non-hydrogen) atoms. The number of imide groups is 1. The van der Waals surface area contributed by atoms with Crippen LogP contribution in [0.5, 0.6) is 0 Å². The minimum absolute atomic E-state index is 0.193. The number of carbonyl (C=O) groups is 3. The molecule has 3 aromatic carbocycles. The maximum atomic E-state index is 14.6. The van der Waals surface area contributed by atoms with Crippen molar-refractivity contribution in [2.75, 3.05) is 4.90 Å². The van der Waals surface area contributed by atoms with Gasteiger partial charge in [0.25, 0.3) is 5.91 Å². The average Bonchev–Trinajstić information content (AvgIpc) is 3.46. The van der Waals surface area contributed by atoms with Crippen molar-refractivity contribution < 1.29 is 14.4 Å². The van der Waals surface area contributed by atoms with Gasteiger partial charge < -0.3 is 4.90 Å². The lowest BCUT2D eigenvalue weighted by Crippen LogP contribution is -2.55. The Labute approximate surface area is 237 Å². The Morgan fingerprint density at radius 1 is 0.821 bits per heavy atom. The van der Waals surface area contributed by atoms with Crippen LogP contribution in [-0.2, 0) is 33.0 Å². The van der Waals surface area contributed by atoms with E-state index < -0.39 is 17.4 Å². The molecule has 1 spiro atoms. The highest BCUT2D eigenvalue weighted by Crippen LogP contribution is 2.55. The minimum atomic E-state index is -1.32. The van der Waals surface area contributed by atoms with Gasteiger partial charge >= 0.3 is 0 Å². The average molecular weight is 562 g/mol. The van der Waals surface area contributed by atoms with Gasteiger partial charge in [-0.05, 0) is 41.7 Å². The summed E-state index contributed by atoms with van der Waals surface area (Å²) < 4.78 is 0. The summed E-state index contributed by atoms with van der Waals surface area (Å²) in [6.07, 6.45) is 0.670. The highest BCUT2D eigenvalue weighted by Gasteiger charge is 2.71. The Morgan fingerprint density at radius 3 is 2.23 bits per heavy atom. The maximum absolute atomic E-state index is 14.6. The molecule has 3 aromatic rings. The molecule has 0 bridgehead atoms. The molecule has 4 atom stereocenters. The second kappa shape index (κ2) is 9.77. The SMILES string of the molecule is CC(C)C[C@H]1N[C@]2(C(=O)N(Cc3ccc(Cl)c(Cl)c3)c3ccccc32)[C@@H]2C(=O)N(Cc3ccccc3)C(=O)[C@H]21. The second-order valence-corrected chi connectivity index (χ2v) is 11.9. The van der Waals surface area contributed by atoms with Gasteiger partial charge in [-0.1, -0.05) is 91.6 Å². The molecule has 6 rings (SSSR count). The van der Waals surface area contributed by atoms with Crippen LogP contribution in [0.3, 0.4) is 0 Å². The predicted molar refractivity (Wildman–Crippen MR) is 151 cm³/mol. The zero-order valence-corrected chi connectivity index (χ0v) is 23.2. The summed E-state index contributed by atoms with van der Waals surface area (Å²) >= 11 is 12.4. The van der Waals surface area contributed by atoms with Gasteiger partial charge in [-0.25, -0.2) is 0 Å². The number of rotatable bonds is 6. The zero-order chi connectivity index (χ0) is 27.5. The number of likely N-dealkylation sites (tertiary alicyclic amines) is 1. The van der Waals surface area contributed by atoms with E-state index in [1.807, 2.05) is 60.7 Å². The molecule has 2 saturated heterocycles. The number of anilines is 1. The normalized spacial score (nSPS) is 25.8. The first kappa shape index (κ1) is 26.1. The van der Waals surface area contributed by atoms with Crippen molar-refractivity contribution >= 4 is 46.6 Å². The molecule has 0 aromatic heterocycles. The Hall–Kier alpha value is -3.19. The molecule has 1 N–H and O–H groups in total. The van der Waals surface area contributed by atoms with Gasteiger partial charge in [0.1, 0.15) is 5.54 Å². The first-order valence-electron chi connectivity index (χ1n) is 13.2. The maximum Gasteiger partial charge on any atom is 0.253 e. The van der Waals surface area contributed by atoms with Gasteiger partial charge in [0.05, 0.1) is 35.0 Å². The van der Waals surface area contributed by atoms with Crippen molar-refractivity contribution in [3.8, 4) is 0 Å². The number of nitrogens with zero attached hydrogens (tertiary/aromatic N) is 2. The summed E-state index contributed by atoms with van der Waals surface area (Å²) in [6, 6.07) is 22.1. The fraction of sp³-hybridized carbons (Fsp3) is 0.323. The van der Waals surface area contributed by atoms with Crippen LogP contribution in [0.25, 0.3) is 0 Å². The van der Waals surface area contributed by atoms with E-state index in [2.05, 4.69) is 19.2 Å². The molecule has 0 unspecified atom stereocenters. The Kier molecular flexibility index (Phi) is 6.53. The second-order valence-electron chi connectivity index (χ2n) is 11.1. The number of benzene rings is 3. The number of halogens is 2. The molecule has 8 heteroatoms. The van der Waals surface area contributed by atoms with Crippen LogP contribution in [0.15, 0.2) is 72.8 Å². The van der Waals surface area contributed by atoms with Crippen LogP contribution in [0.4, 0.5) is 5.69 Å². The van der Waals surface area contributed by atoms with Crippen molar-refractivity contribution in [2.45, 2.75) is 44.9 Å². The topological polar surface area (TPSA) is 69.7 Å². The van der Waals surface area contributed by atoms with Gasteiger partial charge in [-0.2, -0.15) is 0 Å². The van der Waals surface area contributed by atoms with Crippen molar-refractivity contribution in [1.29, 1.82) is 0 Å². The molecular formula is C31H29Cl2N3O3. The Bertz CT molecular complexity index is 1480.